The van der Waals surface area contributed by atoms with Gasteiger partial charge < -0.3 is 14.1 Å². The molecule has 1 spiro atoms. The van der Waals surface area contributed by atoms with Crippen LogP contribution in [0.1, 0.15) is 49.5 Å². The first-order valence-corrected chi connectivity index (χ1v) is 14.8. The lowest BCUT2D eigenvalue weighted by atomic mass is 9.84. The van der Waals surface area contributed by atoms with Gasteiger partial charge in [0.25, 0.3) is 11.8 Å². The molecule has 2 aliphatic heterocycles. The largest absolute Gasteiger partial charge is 0.462 e. The Labute approximate surface area is 258 Å². The van der Waals surface area contributed by atoms with E-state index in [1.807, 2.05) is 0 Å². The Morgan fingerprint density at radius 1 is 1.09 bits per heavy atom. The zero-order valence-electron chi connectivity index (χ0n) is 23.2. The van der Waals surface area contributed by atoms with Crippen LogP contribution in [0.4, 0.5) is 15.2 Å². The molecule has 0 radical (unpaired) electrons. The number of anilines is 2. The van der Waals surface area contributed by atoms with Crippen LogP contribution in [0.15, 0.2) is 75.9 Å². The Bertz CT molecular complexity index is 2110. The van der Waals surface area contributed by atoms with Crippen molar-refractivity contribution in [3.63, 3.8) is 0 Å². The fraction of sp³-hybridized carbons (Fsp3) is 0.156. The van der Waals surface area contributed by atoms with Gasteiger partial charge in [0.15, 0.2) is 16.1 Å². The van der Waals surface area contributed by atoms with E-state index in [0.29, 0.717) is 16.3 Å². The second-order valence-corrected chi connectivity index (χ2v) is 11.7. The van der Waals surface area contributed by atoms with Crippen molar-refractivity contribution in [2.75, 3.05) is 16.4 Å². The van der Waals surface area contributed by atoms with Crippen molar-refractivity contribution in [2.45, 2.75) is 25.9 Å². The number of aryl methyl sites for hydroxylation is 1. The SMILES string of the molecule is CCOC(=O)c1sc(N2C(=O)c3oc4ccc(F)cc4c(=O)c3C23C(=O)N(Cc2ccc(Cl)cc2)c2ccccc23)nc1C. The van der Waals surface area contributed by atoms with Crippen molar-refractivity contribution in [3.8, 4) is 0 Å². The van der Waals surface area contributed by atoms with Gasteiger partial charge in [-0.25, -0.2) is 14.2 Å². The number of halogens is 2. The summed E-state index contributed by atoms with van der Waals surface area (Å²) in [4.78, 5) is 63.7. The standard InChI is InChI=1S/C32H21ClFN3O6S/c1-3-42-29(40)27-16(2)35-31(44-27)37-28(39)26-24(25(38)20-14-19(34)12-13-23(20)43-26)32(37)21-6-4-5-7-22(21)36(30(32)41)15-17-8-10-18(33)11-9-17/h4-14H,3,15H2,1-2H3. The van der Waals surface area contributed by atoms with Crippen LogP contribution in [0, 0.1) is 12.7 Å². The second kappa shape index (κ2) is 10.1. The number of thiazole rings is 1. The van der Waals surface area contributed by atoms with Crippen LogP contribution in [0.25, 0.3) is 11.0 Å². The van der Waals surface area contributed by atoms with Crippen molar-refractivity contribution in [3.05, 3.63) is 121 Å². The van der Waals surface area contributed by atoms with Crippen LogP contribution < -0.4 is 15.2 Å². The summed E-state index contributed by atoms with van der Waals surface area (Å²) in [6.45, 7) is 3.46. The highest BCUT2D eigenvalue weighted by molar-refractivity contribution is 7.17. The second-order valence-electron chi connectivity index (χ2n) is 10.3. The molecule has 12 heteroatoms. The van der Waals surface area contributed by atoms with Crippen LogP contribution >= 0.6 is 22.9 Å². The summed E-state index contributed by atoms with van der Waals surface area (Å²) in [5.74, 6) is -3.10. The highest BCUT2D eigenvalue weighted by atomic mass is 35.5. The molecule has 220 valence electrons. The third kappa shape index (κ3) is 3.85. The van der Waals surface area contributed by atoms with Crippen LogP contribution in [0.3, 0.4) is 0 Å². The lowest BCUT2D eigenvalue weighted by molar-refractivity contribution is -0.121. The number of rotatable bonds is 5. The topological polar surface area (TPSA) is 110 Å². The van der Waals surface area contributed by atoms with Gasteiger partial charge in [0.05, 0.1) is 35.5 Å². The molecule has 44 heavy (non-hydrogen) atoms. The van der Waals surface area contributed by atoms with E-state index < -0.39 is 34.6 Å². The summed E-state index contributed by atoms with van der Waals surface area (Å²) < 4.78 is 25.6. The smallest absolute Gasteiger partial charge is 0.350 e. The molecule has 5 aromatic rings. The predicted octanol–water partition coefficient (Wildman–Crippen LogP) is 5.98. The van der Waals surface area contributed by atoms with E-state index in [1.54, 1.807) is 62.4 Å². The first-order valence-electron chi connectivity index (χ1n) is 13.6. The molecule has 0 aliphatic carbocycles. The van der Waals surface area contributed by atoms with Crippen molar-refractivity contribution >= 4 is 62.5 Å². The molecule has 2 aliphatic rings. The number of amides is 2. The predicted molar refractivity (Wildman–Crippen MR) is 162 cm³/mol. The lowest BCUT2D eigenvalue weighted by Crippen LogP contribution is -2.53. The Kier molecular flexibility index (Phi) is 6.41. The van der Waals surface area contributed by atoms with Gasteiger partial charge in [-0.3, -0.25) is 19.3 Å². The highest BCUT2D eigenvalue weighted by Gasteiger charge is 2.66. The zero-order valence-corrected chi connectivity index (χ0v) is 24.8. The summed E-state index contributed by atoms with van der Waals surface area (Å²) in [7, 11) is 0. The number of carbonyl (C=O) groups is 3. The van der Waals surface area contributed by atoms with E-state index in [4.69, 9.17) is 20.8 Å². The molecular formula is C32H21ClFN3O6S. The summed E-state index contributed by atoms with van der Waals surface area (Å²) in [5, 5.41) is 0.392. The van der Waals surface area contributed by atoms with Gasteiger partial charge in [-0.15, -0.1) is 0 Å². The van der Waals surface area contributed by atoms with Gasteiger partial charge in [0.2, 0.25) is 5.76 Å². The average Bonchev–Trinajstić information content (AvgIpc) is 3.59. The maximum atomic E-state index is 15.0. The molecule has 2 aromatic heterocycles. The number of esters is 1. The average molecular weight is 630 g/mol. The van der Waals surface area contributed by atoms with E-state index in [-0.39, 0.29) is 51.1 Å². The molecule has 0 saturated heterocycles. The van der Waals surface area contributed by atoms with Gasteiger partial charge in [-0.05, 0) is 55.8 Å². The summed E-state index contributed by atoms with van der Waals surface area (Å²) in [6.07, 6.45) is 0. The molecule has 0 bridgehead atoms. The number of hydrogen-bond acceptors (Lipinski definition) is 8. The van der Waals surface area contributed by atoms with Gasteiger partial charge >= 0.3 is 5.97 Å². The molecule has 9 nitrogen and oxygen atoms in total. The number of carbonyl (C=O) groups excluding carboxylic acids is 3. The molecule has 4 heterocycles. The Balaban J connectivity index is 1.53. The molecule has 3 aromatic carbocycles. The Morgan fingerprint density at radius 3 is 2.59 bits per heavy atom. The summed E-state index contributed by atoms with van der Waals surface area (Å²) in [5.41, 5.74) is -1.24. The minimum Gasteiger partial charge on any atom is -0.462 e. The van der Waals surface area contributed by atoms with Gasteiger partial charge in [0, 0.05) is 10.6 Å². The molecule has 7 rings (SSSR count). The van der Waals surface area contributed by atoms with E-state index >= 15 is 0 Å². The normalized spacial score (nSPS) is 17.1. The van der Waals surface area contributed by atoms with Gasteiger partial charge in [0.1, 0.15) is 16.3 Å². The van der Waals surface area contributed by atoms with Crippen LogP contribution in [0.5, 0.6) is 0 Å². The van der Waals surface area contributed by atoms with E-state index in [0.717, 1.165) is 33.9 Å². The highest BCUT2D eigenvalue weighted by Crippen LogP contribution is 2.55. The van der Waals surface area contributed by atoms with Crippen molar-refractivity contribution < 1.29 is 27.9 Å². The monoisotopic (exact) mass is 629 g/mol. The van der Waals surface area contributed by atoms with Gasteiger partial charge in [-0.1, -0.05) is 53.3 Å². The molecule has 0 N–H and O–H groups in total. The molecule has 0 fully saturated rings. The summed E-state index contributed by atoms with van der Waals surface area (Å²) >= 11 is 6.96. The summed E-state index contributed by atoms with van der Waals surface area (Å²) in [6, 6.07) is 17.2. The van der Waals surface area contributed by atoms with Crippen LogP contribution in [-0.4, -0.2) is 29.4 Å². The zero-order chi connectivity index (χ0) is 30.9. The number of aromatic nitrogens is 1. The fourth-order valence-corrected chi connectivity index (χ4v) is 7.07. The fourth-order valence-electron chi connectivity index (χ4n) is 5.93. The third-order valence-electron chi connectivity index (χ3n) is 7.78. The van der Waals surface area contributed by atoms with Crippen LogP contribution in [-0.2, 0) is 21.6 Å². The minimum atomic E-state index is -2.06. The molecular weight excluding hydrogens is 609 g/mol. The number of fused-ring (bicyclic) bond motifs is 5. The minimum absolute atomic E-state index is 0.00640. The van der Waals surface area contributed by atoms with Crippen molar-refractivity contribution in [1.29, 1.82) is 0 Å². The first kappa shape index (κ1) is 27.9. The maximum absolute atomic E-state index is 15.0. The van der Waals surface area contributed by atoms with Gasteiger partial charge in [-0.2, -0.15) is 0 Å². The first-order chi connectivity index (χ1) is 21.2. The molecule has 1 unspecified atom stereocenters. The van der Waals surface area contributed by atoms with Crippen molar-refractivity contribution in [1.82, 2.24) is 4.98 Å². The number of benzene rings is 3. The molecule has 2 amide bonds. The Morgan fingerprint density at radius 2 is 1.84 bits per heavy atom. The maximum Gasteiger partial charge on any atom is 0.350 e. The lowest BCUT2D eigenvalue weighted by Gasteiger charge is -2.32. The van der Waals surface area contributed by atoms with Crippen LogP contribution in [0.2, 0.25) is 5.02 Å². The number of nitrogens with zero attached hydrogens (tertiary/aromatic N) is 3. The Hall–Kier alpha value is -4.87. The number of ether oxygens (including phenoxy) is 1. The quantitative estimate of drug-likeness (QED) is 0.220. The van der Waals surface area contributed by atoms with E-state index in [2.05, 4.69) is 4.98 Å². The van der Waals surface area contributed by atoms with Crippen molar-refractivity contribution in [2.24, 2.45) is 0 Å². The van der Waals surface area contributed by atoms with E-state index in [1.165, 1.54) is 11.0 Å². The van der Waals surface area contributed by atoms with E-state index in [9.17, 15) is 23.6 Å². The molecule has 1 atom stereocenters. The number of para-hydroxylation sites is 1. The number of hydrogen-bond donors (Lipinski definition) is 0. The third-order valence-corrected chi connectivity index (χ3v) is 9.15. The molecule has 0 saturated carbocycles.